The molecular formula is C25H25N3O3S2. The number of aryl methyl sites for hydroxylation is 3. The molecule has 0 radical (unpaired) electrons. The van der Waals surface area contributed by atoms with E-state index in [4.69, 9.17) is 12.2 Å². The quantitative estimate of drug-likeness (QED) is 0.344. The van der Waals surface area contributed by atoms with Gasteiger partial charge in [-0.05, 0) is 80.0 Å². The number of hydrogen-bond donors (Lipinski definition) is 3. The monoisotopic (exact) mass is 479 g/mol. The van der Waals surface area contributed by atoms with Crippen LogP contribution in [-0.2, 0) is 14.8 Å². The first-order valence-electron chi connectivity index (χ1n) is 10.2. The molecule has 0 unspecified atom stereocenters. The number of nitrogens with one attached hydrogen (secondary N) is 3. The summed E-state index contributed by atoms with van der Waals surface area (Å²) in [6.07, 6.45) is 3.09. The summed E-state index contributed by atoms with van der Waals surface area (Å²) in [5.41, 5.74) is 4.85. The van der Waals surface area contributed by atoms with Gasteiger partial charge in [0.25, 0.3) is 10.0 Å². The Morgan fingerprint density at radius 3 is 2.09 bits per heavy atom. The molecule has 0 bridgehead atoms. The van der Waals surface area contributed by atoms with Crippen LogP contribution in [0.15, 0.2) is 77.7 Å². The van der Waals surface area contributed by atoms with Gasteiger partial charge in [-0.25, -0.2) is 8.42 Å². The summed E-state index contributed by atoms with van der Waals surface area (Å²) in [5, 5.41) is 5.55. The van der Waals surface area contributed by atoms with Gasteiger partial charge >= 0.3 is 0 Å². The fraction of sp³-hybridized carbons (Fsp3) is 0.120. The van der Waals surface area contributed by atoms with Crippen LogP contribution in [0.5, 0.6) is 0 Å². The average Bonchev–Trinajstić information content (AvgIpc) is 2.76. The van der Waals surface area contributed by atoms with Crippen molar-refractivity contribution in [2.75, 3.05) is 10.0 Å². The summed E-state index contributed by atoms with van der Waals surface area (Å²) < 4.78 is 28.2. The van der Waals surface area contributed by atoms with Crippen LogP contribution in [0.2, 0.25) is 0 Å². The smallest absolute Gasteiger partial charge is 0.261 e. The van der Waals surface area contributed by atoms with Gasteiger partial charge in [0.1, 0.15) is 0 Å². The lowest BCUT2D eigenvalue weighted by atomic mass is 10.1. The van der Waals surface area contributed by atoms with Crippen molar-refractivity contribution in [2.45, 2.75) is 25.7 Å². The lowest BCUT2D eigenvalue weighted by molar-refractivity contribution is -0.115. The topological polar surface area (TPSA) is 87.3 Å². The second-order valence-electron chi connectivity index (χ2n) is 7.58. The van der Waals surface area contributed by atoms with E-state index >= 15 is 0 Å². The van der Waals surface area contributed by atoms with E-state index in [0.29, 0.717) is 11.4 Å². The van der Waals surface area contributed by atoms with E-state index in [1.54, 1.807) is 18.2 Å². The number of rotatable bonds is 6. The highest BCUT2D eigenvalue weighted by Gasteiger charge is 2.16. The van der Waals surface area contributed by atoms with Crippen LogP contribution in [0.3, 0.4) is 0 Å². The minimum Gasteiger partial charge on any atom is -0.332 e. The van der Waals surface area contributed by atoms with Crippen LogP contribution < -0.4 is 15.4 Å². The van der Waals surface area contributed by atoms with Crippen LogP contribution in [0.4, 0.5) is 11.4 Å². The minimum absolute atomic E-state index is 0.109. The van der Waals surface area contributed by atoms with Gasteiger partial charge in [-0.15, -0.1) is 0 Å². The van der Waals surface area contributed by atoms with Gasteiger partial charge in [0.05, 0.1) is 10.6 Å². The van der Waals surface area contributed by atoms with E-state index in [1.807, 2.05) is 63.2 Å². The largest absolute Gasteiger partial charge is 0.332 e. The van der Waals surface area contributed by atoms with E-state index in [-0.39, 0.29) is 15.9 Å². The molecule has 0 aromatic heterocycles. The first kappa shape index (κ1) is 24.2. The van der Waals surface area contributed by atoms with E-state index in [1.165, 1.54) is 18.2 Å². The Bertz CT molecular complexity index is 1280. The molecule has 0 spiro atoms. The molecule has 3 aromatic carbocycles. The number of benzene rings is 3. The summed E-state index contributed by atoms with van der Waals surface area (Å²) in [6.45, 7) is 5.69. The molecule has 3 rings (SSSR count). The highest BCUT2D eigenvalue weighted by Crippen LogP contribution is 2.24. The molecule has 0 aliphatic heterocycles. The number of anilines is 2. The number of para-hydroxylation sites is 1. The molecule has 0 aliphatic carbocycles. The maximum absolute atomic E-state index is 12.8. The number of thiocarbonyl (C=S) groups is 1. The Hall–Kier alpha value is -3.49. The van der Waals surface area contributed by atoms with Crippen molar-refractivity contribution in [3.8, 4) is 0 Å². The third kappa shape index (κ3) is 6.74. The van der Waals surface area contributed by atoms with Crippen molar-refractivity contribution in [1.29, 1.82) is 0 Å². The molecular weight excluding hydrogens is 454 g/mol. The third-order valence-corrected chi connectivity index (χ3v) is 6.45. The fourth-order valence-corrected chi connectivity index (χ4v) is 4.47. The maximum atomic E-state index is 12.8. The van der Waals surface area contributed by atoms with E-state index in [9.17, 15) is 13.2 Å². The Morgan fingerprint density at radius 2 is 1.48 bits per heavy atom. The van der Waals surface area contributed by atoms with Crippen molar-refractivity contribution in [2.24, 2.45) is 0 Å². The molecule has 0 fully saturated rings. The molecule has 0 saturated heterocycles. The Labute approximate surface area is 199 Å². The molecule has 0 atom stereocenters. The second kappa shape index (κ2) is 10.4. The first-order valence-corrected chi connectivity index (χ1v) is 12.1. The Kier molecular flexibility index (Phi) is 7.63. The molecule has 8 heteroatoms. The number of carbonyl (C=O) groups is 1. The summed E-state index contributed by atoms with van der Waals surface area (Å²) in [7, 11) is -3.75. The Morgan fingerprint density at radius 1 is 0.879 bits per heavy atom. The van der Waals surface area contributed by atoms with Gasteiger partial charge < -0.3 is 5.32 Å². The normalized spacial score (nSPS) is 11.2. The van der Waals surface area contributed by atoms with Gasteiger partial charge in [0, 0.05) is 11.8 Å². The summed E-state index contributed by atoms with van der Waals surface area (Å²) in [4.78, 5) is 12.2. The maximum Gasteiger partial charge on any atom is 0.261 e. The van der Waals surface area contributed by atoms with Gasteiger partial charge in [0.15, 0.2) is 5.11 Å². The van der Waals surface area contributed by atoms with Crippen LogP contribution in [-0.4, -0.2) is 19.4 Å². The standard InChI is InChI=1S/C25H25N3O3S2/c1-17-7-9-20(10-8-17)11-16-23(29)27-25(32)26-21-12-14-22(15-13-21)33(30,31)28-24-18(2)5-4-6-19(24)3/h4-16,28H,1-3H3,(H2,26,27,29,32)/b16-11+. The van der Waals surface area contributed by atoms with Crippen LogP contribution in [0.25, 0.3) is 6.08 Å². The zero-order chi connectivity index (χ0) is 24.0. The van der Waals surface area contributed by atoms with Gasteiger partial charge in [0.2, 0.25) is 5.91 Å². The highest BCUT2D eigenvalue weighted by atomic mass is 32.2. The molecule has 1 amide bonds. The molecule has 33 heavy (non-hydrogen) atoms. The molecule has 0 saturated carbocycles. The van der Waals surface area contributed by atoms with Crippen LogP contribution in [0, 0.1) is 20.8 Å². The summed E-state index contributed by atoms with van der Waals surface area (Å²) in [5.74, 6) is -0.370. The average molecular weight is 480 g/mol. The third-order valence-electron chi connectivity index (χ3n) is 4.88. The van der Waals surface area contributed by atoms with Crippen LogP contribution in [0.1, 0.15) is 22.3 Å². The zero-order valence-corrected chi connectivity index (χ0v) is 20.2. The number of hydrogen-bond acceptors (Lipinski definition) is 4. The van der Waals surface area contributed by atoms with Crippen LogP contribution >= 0.6 is 12.2 Å². The molecule has 6 nitrogen and oxygen atoms in total. The fourth-order valence-electron chi connectivity index (χ4n) is 3.05. The van der Waals surface area contributed by atoms with E-state index < -0.39 is 10.0 Å². The van der Waals surface area contributed by atoms with Gasteiger partial charge in [-0.3, -0.25) is 14.8 Å². The second-order valence-corrected chi connectivity index (χ2v) is 9.67. The molecule has 170 valence electrons. The van der Waals surface area contributed by atoms with E-state index in [0.717, 1.165) is 22.3 Å². The van der Waals surface area contributed by atoms with Crippen molar-refractivity contribution in [1.82, 2.24) is 5.32 Å². The SMILES string of the molecule is Cc1ccc(/C=C/C(=O)NC(=S)Nc2ccc(S(=O)(=O)Nc3c(C)cccc3C)cc2)cc1. The number of sulfonamides is 1. The number of carbonyl (C=O) groups excluding carboxylic acids is 1. The minimum atomic E-state index is -3.75. The Balaban J connectivity index is 1.60. The zero-order valence-electron chi connectivity index (χ0n) is 18.5. The lowest BCUT2D eigenvalue weighted by Crippen LogP contribution is -2.32. The highest BCUT2D eigenvalue weighted by molar-refractivity contribution is 7.92. The van der Waals surface area contributed by atoms with Crippen molar-refractivity contribution >= 4 is 50.7 Å². The molecule has 0 aliphatic rings. The predicted molar refractivity (Wildman–Crippen MR) is 138 cm³/mol. The number of amides is 1. The van der Waals surface area contributed by atoms with Gasteiger partial charge in [-0.1, -0.05) is 48.0 Å². The molecule has 0 heterocycles. The summed E-state index contributed by atoms with van der Waals surface area (Å²) in [6, 6.07) is 19.5. The van der Waals surface area contributed by atoms with E-state index in [2.05, 4.69) is 15.4 Å². The molecule has 3 aromatic rings. The van der Waals surface area contributed by atoms with Crippen molar-refractivity contribution < 1.29 is 13.2 Å². The lowest BCUT2D eigenvalue weighted by Gasteiger charge is -2.14. The van der Waals surface area contributed by atoms with Crippen molar-refractivity contribution in [3.63, 3.8) is 0 Å². The predicted octanol–water partition coefficient (Wildman–Crippen LogP) is 4.94. The van der Waals surface area contributed by atoms with Crippen molar-refractivity contribution in [3.05, 3.63) is 95.1 Å². The molecule has 3 N–H and O–H groups in total. The summed E-state index contributed by atoms with van der Waals surface area (Å²) >= 11 is 5.17. The first-order chi connectivity index (χ1) is 15.6. The van der Waals surface area contributed by atoms with Gasteiger partial charge in [-0.2, -0.15) is 0 Å².